The molecule has 0 atom stereocenters. The number of aromatic nitrogens is 2. The van der Waals surface area contributed by atoms with Crippen LogP contribution in [0.1, 0.15) is 41.4 Å². The van der Waals surface area contributed by atoms with Gasteiger partial charge in [0.05, 0.1) is 39.7 Å². The summed E-state index contributed by atoms with van der Waals surface area (Å²) in [4.78, 5) is 51.7. The third-order valence-electron chi connectivity index (χ3n) is 5.68. The quantitative estimate of drug-likeness (QED) is 0.461. The van der Waals surface area contributed by atoms with Crippen molar-refractivity contribution < 1.29 is 19.2 Å². The fraction of sp³-hybridized carbons (Fsp3) is 0. The third kappa shape index (κ3) is 2.47. The number of hydrogen-bond donors (Lipinski definition) is 2. The second-order valence-corrected chi connectivity index (χ2v) is 7.94. The molecule has 0 radical (unpaired) electrons. The van der Waals surface area contributed by atoms with Crippen LogP contribution in [0.2, 0.25) is 5.02 Å². The predicted octanol–water partition coefficient (Wildman–Crippen LogP) is 3.57. The van der Waals surface area contributed by atoms with Gasteiger partial charge in [0.2, 0.25) is 0 Å². The number of fused-ring (bicyclic) bond motifs is 3. The Labute approximate surface area is 184 Å². The van der Waals surface area contributed by atoms with E-state index in [1.54, 1.807) is 36.5 Å². The largest absolute Gasteiger partial charge is 0.288 e. The molecule has 3 heterocycles. The number of amides is 4. The van der Waals surface area contributed by atoms with Gasteiger partial charge in [0.15, 0.2) is 0 Å². The number of halogens is 1. The van der Waals surface area contributed by atoms with E-state index in [1.807, 2.05) is 0 Å². The van der Waals surface area contributed by atoms with Gasteiger partial charge in [-0.25, -0.2) is 4.90 Å². The van der Waals surface area contributed by atoms with E-state index in [-0.39, 0.29) is 27.3 Å². The number of aromatic amines is 1. The second-order valence-electron chi connectivity index (χ2n) is 7.51. The van der Waals surface area contributed by atoms with E-state index < -0.39 is 23.6 Å². The summed E-state index contributed by atoms with van der Waals surface area (Å²) in [5.41, 5.74) is 2.93. The number of nitrogens with zero attached hydrogens (tertiary/aromatic N) is 2. The molecule has 2 N–H and O–H groups in total. The first kappa shape index (κ1) is 18.5. The van der Waals surface area contributed by atoms with Gasteiger partial charge in [-0.1, -0.05) is 17.7 Å². The van der Waals surface area contributed by atoms with E-state index in [0.717, 1.165) is 15.8 Å². The molecule has 32 heavy (non-hydrogen) atoms. The second kappa shape index (κ2) is 6.35. The first-order valence-electron chi connectivity index (χ1n) is 9.58. The number of carbonyl (C=O) groups is 4. The molecule has 9 heteroatoms. The zero-order valence-electron chi connectivity index (χ0n) is 16.1. The van der Waals surface area contributed by atoms with Gasteiger partial charge in [0, 0.05) is 10.4 Å². The minimum absolute atomic E-state index is 0.172. The first-order valence-corrected chi connectivity index (χ1v) is 9.96. The molecule has 4 aromatic rings. The molecule has 0 aliphatic carbocycles. The Morgan fingerprint density at radius 2 is 1.56 bits per heavy atom. The molecule has 0 saturated heterocycles. The standard InChI is InChI=1S/C23H11ClN4O4/c24-12-7-15(10-1-3-14-16(6-10)21(30)26-20(14)29)19-17(8-12)22(31)28(23(19)32)13-2-4-18-11(5-13)9-25-27-18/h1-9H,(H,25,27)(H,26,29,30). The Balaban J connectivity index is 1.52. The number of imide groups is 2. The van der Waals surface area contributed by atoms with E-state index in [4.69, 9.17) is 11.6 Å². The molecule has 0 spiro atoms. The van der Waals surface area contributed by atoms with Crippen LogP contribution in [-0.2, 0) is 0 Å². The number of anilines is 1. The molecule has 2 aliphatic heterocycles. The van der Waals surface area contributed by atoms with Gasteiger partial charge in [-0.3, -0.25) is 29.6 Å². The molecule has 0 saturated carbocycles. The van der Waals surface area contributed by atoms with Gasteiger partial charge in [0.25, 0.3) is 23.6 Å². The highest BCUT2D eigenvalue weighted by molar-refractivity contribution is 6.38. The van der Waals surface area contributed by atoms with Crippen molar-refractivity contribution in [2.45, 2.75) is 0 Å². The van der Waals surface area contributed by atoms with Crippen molar-refractivity contribution in [3.63, 3.8) is 0 Å². The Morgan fingerprint density at radius 3 is 2.41 bits per heavy atom. The van der Waals surface area contributed by atoms with E-state index >= 15 is 0 Å². The van der Waals surface area contributed by atoms with Gasteiger partial charge < -0.3 is 0 Å². The molecule has 0 fully saturated rings. The van der Waals surface area contributed by atoms with Crippen molar-refractivity contribution in [3.05, 3.63) is 82.0 Å². The van der Waals surface area contributed by atoms with Gasteiger partial charge in [-0.05, 0) is 53.6 Å². The highest BCUT2D eigenvalue weighted by Gasteiger charge is 2.39. The van der Waals surface area contributed by atoms with Crippen molar-refractivity contribution >= 4 is 51.8 Å². The fourth-order valence-corrected chi connectivity index (χ4v) is 4.42. The fourth-order valence-electron chi connectivity index (χ4n) is 4.20. The van der Waals surface area contributed by atoms with E-state index in [9.17, 15) is 19.2 Å². The minimum Gasteiger partial charge on any atom is -0.288 e. The van der Waals surface area contributed by atoms with Crippen molar-refractivity contribution in [2.75, 3.05) is 4.90 Å². The Kier molecular flexibility index (Phi) is 3.66. The highest BCUT2D eigenvalue weighted by Crippen LogP contribution is 2.38. The molecular formula is C23H11ClN4O4. The number of rotatable bonds is 2. The number of H-pyrrole nitrogens is 1. The summed E-state index contributed by atoms with van der Waals surface area (Å²) < 4.78 is 0. The Bertz CT molecular complexity index is 1560. The predicted molar refractivity (Wildman–Crippen MR) is 116 cm³/mol. The Hall–Kier alpha value is -4.30. The average Bonchev–Trinajstić information content (AvgIpc) is 3.42. The Morgan fingerprint density at radius 1 is 0.781 bits per heavy atom. The van der Waals surface area contributed by atoms with Crippen molar-refractivity contribution in [1.82, 2.24) is 15.5 Å². The zero-order chi connectivity index (χ0) is 22.1. The van der Waals surface area contributed by atoms with Crippen molar-refractivity contribution in [1.29, 1.82) is 0 Å². The van der Waals surface area contributed by atoms with Crippen LogP contribution in [0.15, 0.2) is 54.7 Å². The van der Waals surface area contributed by atoms with Crippen LogP contribution in [0.5, 0.6) is 0 Å². The molecule has 1 aromatic heterocycles. The summed E-state index contributed by atoms with van der Waals surface area (Å²) >= 11 is 6.29. The van der Waals surface area contributed by atoms with Gasteiger partial charge in [-0.15, -0.1) is 0 Å². The SMILES string of the molecule is O=C1NC(=O)c2cc(-c3cc(Cl)cc4c3C(=O)N(c3ccc5[nH]ncc5c3)C4=O)ccc21. The molecule has 154 valence electrons. The van der Waals surface area contributed by atoms with Crippen LogP contribution >= 0.6 is 11.6 Å². The summed E-state index contributed by atoms with van der Waals surface area (Å²) in [5.74, 6) is -1.98. The lowest BCUT2D eigenvalue weighted by Gasteiger charge is -2.14. The lowest BCUT2D eigenvalue weighted by Crippen LogP contribution is -2.29. The maximum atomic E-state index is 13.4. The van der Waals surface area contributed by atoms with Crippen LogP contribution in [0.4, 0.5) is 5.69 Å². The summed E-state index contributed by atoms with van der Waals surface area (Å²) in [6, 6.07) is 12.8. The van der Waals surface area contributed by atoms with Crippen molar-refractivity contribution in [2.24, 2.45) is 0 Å². The van der Waals surface area contributed by atoms with Gasteiger partial charge in [0.1, 0.15) is 0 Å². The van der Waals surface area contributed by atoms with E-state index in [2.05, 4.69) is 15.5 Å². The molecule has 2 aliphatic rings. The van der Waals surface area contributed by atoms with Gasteiger partial charge in [-0.2, -0.15) is 5.10 Å². The smallest absolute Gasteiger partial charge is 0.266 e. The first-order chi connectivity index (χ1) is 15.4. The topological polar surface area (TPSA) is 112 Å². The zero-order valence-corrected chi connectivity index (χ0v) is 16.9. The normalized spacial score (nSPS) is 14.8. The maximum absolute atomic E-state index is 13.4. The van der Waals surface area contributed by atoms with Crippen LogP contribution in [0, 0.1) is 0 Å². The summed E-state index contributed by atoms with van der Waals surface area (Å²) in [6.45, 7) is 0. The van der Waals surface area contributed by atoms with E-state index in [0.29, 0.717) is 16.8 Å². The summed E-state index contributed by atoms with van der Waals surface area (Å²) in [6.07, 6.45) is 1.61. The number of hydrogen-bond acceptors (Lipinski definition) is 5. The van der Waals surface area contributed by atoms with Crippen LogP contribution in [0.25, 0.3) is 22.0 Å². The monoisotopic (exact) mass is 442 g/mol. The lowest BCUT2D eigenvalue weighted by molar-refractivity contribution is 0.0874. The highest BCUT2D eigenvalue weighted by atomic mass is 35.5. The molecule has 3 aromatic carbocycles. The van der Waals surface area contributed by atoms with Crippen molar-refractivity contribution in [3.8, 4) is 11.1 Å². The maximum Gasteiger partial charge on any atom is 0.266 e. The number of carbonyl (C=O) groups excluding carboxylic acids is 4. The van der Waals surface area contributed by atoms with Gasteiger partial charge >= 0.3 is 0 Å². The molecular weight excluding hydrogens is 432 g/mol. The molecule has 4 amide bonds. The molecule has 8 nitrogen and oxygen atoms in total. The summed E-state index contributed by atoms with van der Waals surface area (Å²) in [7, 11) is 0. The summed E-state index contributed by atoms with van der Waals surface area (Å²) in [5, 5.41) is 10.1. The lowest BCUT2D eigenvalue weighted by atomic mass is 9.94. The number of nitrogens with one attached hydrogen (secondary N) is 2. The number of benzene rings is 3. The van der Waals surface area contributed by atoms with Crippen LogP contribution in [0.3, 0.4) is 0 Å². The third-order valence-corrected chi connectivity index (χ3v) is 5.90. The van der Waals surface area contributed by atoms with E-state index in [1.165, 1.54) is 18.2 Å². The van der Waals surface area contributed by atoms with Crippen LogP contribution in [-0.4, -0.2) is 33.8 Å². The molecule has 0 bridgehead atoms. The average molecular weight is 443 g/mol. The minimum atomic E-state index is -0.511. The molecule has 0 unspecified atom stereocenters. The van der Waals surface area contributed by atoms with Crippen LogP contribution < -0.4 is 10.2 Å². The molecule has 6 rings (SSSR count).